The lowest BCUT2D eigenvalue weighted by Crippen LogP contribution is -2.43. The molecule has 116 valence electrons. The van der Waals surface area contributed by atoms with Gasteiger partial charge in [-0.2, -0.15) is 13.2 Å². The number of halogens is 3. The highest BCUT2D eigenvalue weighted by molar-refractivity contribution is 6.00. The van der Waals surface area contributed by atoms with E-state index in [9.17, 15) is 18.0 Å². The molecular formula is C15H19F3N2O. The molecule has 1 atom stereocenters. The Morgan fingerprint density at radius 1 is 1.24 bits per heavy atom. The van der Waals surface area contributed by atoms with E-state index in [1.165, 1.54) is 12.1 Å². The fourth-order valence-corrected chi connectivity index (χ4v) is 2.60. The molecule has 1 unspecified atom stereocenters. The van der Waals surface area contributed by atoms with Gasteiger partial charge in [0.2, 0.25) is 0 Å². The Bertz CT molecular complexity index is 516. The second-order valence-corrected chi connectivity index (χ2v) is 5.56. The van der Waals surface area contributed by atoms with Gasteiger partial charge in [0.15, 0.2) is 5.78 Å². The van der Waals surface area contributed by atoms with Crippen LogP contribution in [0.2, 0.25) is 0 Å². The van der Waals surface area contributed by atoms with Crippen LogP contribution in [0.15, 0.2) is 24.3 Å². The van der Waals surface area contributed by atoms with E-state index in [1.54, 1.807) is 0 Å². The number of Topliss-reactive ketones (excluding diaryl/α,β-unsaturated/α-hetero) is 1. The van der Waals surface area contributed by atoms with Gasteiger partial charge in [0.1, 0.15) is 0 Å². The standard InChI is InChI=1S/C15H19F3N2O/c1-19-7-4-8-20(2)13(10-19)14(21)11-5-3-6-12(9-11)15(16,17)18/h3,5-6,9,13H,4,7-8,10H2,1-2H3. The molecule has 1 fully saturated rings. The van der Waals surface area contributed by atoms with E-state index >= 15 is 0 Å². The molecule has 21 heavy (non-hydrogen) atoms. The molecule has 1 aromatic rings. The van der Waals surface area contributed by atoms with Gasteiger partial charge in [-0.15, -0.1) is 0 Å². The maximum atomic E-state index is 12.7. The van der Waals surface area contributed by atoms with Gasteiger partial charge in [-0.3, -0.25) is 9.69 Å². The lowest BCUT2D eigenvalue weighted by atomic mass is 10.0. The first kappa shape index (κ1) is 16.0. The van der Waals surface area contributed by atoms with Crippen molar-refractivity contribution >= 4 is 5.78 Å². The lowest BCUT2D eigenvalue weighted by Gasteiger charge is -2.26. The number of hydrogen-bond donors (Lipinski definition) is 0. The van der Waals surface area contributed by atoms with Crippen molar-refractivity contribution in [3.8, 4) is 0 Å². The molecule has 0 aromatic heterocycles. The smallest absolute Gasteiger partial charge is 0.304 e. The third kappa shape index (κ3) is 3.83. The first-order chi connectivity index (χ1) is 9.79. The van der Waals surface area contributed by atoms with Crippen LogP contribution < -0.4 is 0 Å². The summed E-state index contributed by atoms with van der Waals surface area (Å²) in [6.45, 7) is 2.18. The van der Waals surface area contributed by atoms with Crippen molar-refractivity contribution in [1.82, 2.24) is 9.80 Å². The minimum absolute atomic E-state index is 0.122. The second-order valence-electron chi connectivity index (χ2n) is 5.56. The highest BCUT2D eigenvalue weighted by Crippen LogP contribution is 2.30. The molecular weight excluding hydrogens is 281 g/mol. The van der Waals surface area contributed by atoms with Gasteiger partial charge in [-0.1, -0.05) is 12.1 Å². The third-order valence-electron chi connectivity index (χ3n) is 3.84. The molecule has 0 bridgehead atoms. The summed E-state index contributed by atoms with van der Waals surface area (Å²) in [5, 5.41) is 0. The number of nitrogens with zero attached hydrogens (tertiary/aromatic N) is 2. The Labute approximate surface area is 122 Å². The highest BCUT2D eigenvalue weighted by atomic mass is 19.4. The molecule has 1 aliphatic heterocycles. The summed E-state index contributed by atoms with van der Waals surface area (Å²) < 4.78 is 38.2. The summed E-state index contributed by atoms with van der Waals surface area (Å²) in [5.41, 5.74) is -0.657. The predicted molar refractivity (Wildman–Crippen MR) is 74.3 cm³/mol. The average molecular weight is 300 g/mol. The van der Waals surface area contributed by atoms with Gasteiger partial charge < -0.3 is 4.90 Å². The lowest BCUT2D eigenvalue weighted by molar-refractivity contribution is -0.137. The molecule has 3 nitrogen and oxygen atoms in total. The SMILES string of the molecule is CN1CCCN(C)C(C(=O)c2cccc(C(F)(F)F)c2)C1. The number of carbonyl (C=O) groups excluding carboxylic acids is 1. The third-order valence-corrected chi connectivity index (χ3v) is 3.84. The number of ketones is 1. The van der Waals surface area contributed by atoms with Crippen molar-refractivity contribution in [3.05, 3.63) is 35.4 Å². The summed E-state index contributed by atoms with van der Waals surface area (Å²) >= 11 is 0. The first-order valence-corrected chi connectivity index (χ1v) is 6.89. The minimum Gasteiger partial charge on any atom is -0.304 e. The van der Waals surface area contributed by atoms with Crippen LogP contribution in [0.5, 0.6) is 0 Å². The van der Waals surface area contributed by atoms with Gasteiger partial charge in [-0.05, 0) is 45.7 Å². The van der Waals surface area contributed by atoms with Crippen molar-refractivity contribution in [3.63, 3.8) is 0 Å². The summed E-state index contributed by atoms with van der Waals surface area (Å²) in [5.74, 6) is -0.252. The molecule has 0 amide bonds. The van der Waals surface area contributed by atoms with Gasteiger partial charge in [-0.25, -0.2) is 0 Å². The maximum absolute atomic E-state index is 12.7. The zero-order chi connectivity index (χ0) is 15.6. The van der Waals surface area contributed by atoms with E-state index in [0.717, 1.165) is 31.6 Å². The monoisotopic (exact) mass is 300 g/mol. The molecule has 0 N–H and O–H groups in total. The van der Waals surface area contributed by atoms with E-state index in [1.807, 2.05) is 23.9 Å². The number of hydrogen-bond acceptors (Lipinski definition) is 3. The first-order valence-electron chi connectivity index (χ1n) is 6.89. The summed E-state index contributed by atoms with van der Waals surface area (Å²) in [6.07, 6.45) is -3.48. The van der Waals surface area contributed by atoms with Crippen molar-refractivity contribution in [1.29, 1.82) is 0 Å². The van der Waals surface area contributed by atoms with Crippen LogP contribution in [-0.2, 0) is 6.18 Å². The van der Waals surface area contributed by atoms with Crippen LogP contribution in [0, 0.1) is 0 Å². The summed E-state index contributed by atoms with van der Waals surface area (Å²) in [6, 6.07) is 4.27. The van der Waals surface area contributed by atoms with Gasteiger partial charge in [0.25, 0.3) is 0 Å². The van der Waals surface area contributed by atoms with Crippen LogP contribution in [0.3, 0.4) is 0 Å². The molecule has 1 aromatic carbocycles. The van der Waals surface area contributed by atoms with Gasteiger partial charge >= 0.3 is 6.18 Å². The van der Waals surface area contributed by atoms with Crippen molar-refractivity contribution < 1.29 is 18.0 Å². The summed E-state index contributed by atoms with van der Waals surface area (Å²) in [7, 11) is 3.76. The number of benzene rings is 1. The molecule has 1 saturated heterocycles. The fraction of sp³-hybridized carbons (Fsp3) is 0.533. The van der Waals surface area contributed by atoms with Gasteiger partial charge in [0, 0.05) is 12.1 Å². The van der Waals surface area contributed by atoms with Crippen LogP contribution >= 0.6 is 0 Å². The predicted octanol–water partition coefficient (Wildman–Crippen LogP) is 2.52. The quantitative estimate of drug-likeness (QED) is 0.784. The molecule has 0 aliphatic carbocycles. The van der Waals surface area contributed by atoms with Crippen molar-refractivity contribution in [2.75, 3.05) is 33.7 Å². The molecule has 0 spiro atoms. The zero-order valence-electron chi connectivity index (χ0n) is 12.2. The largest absolute Gasteiger partial charge is 0.416 e. The highest BCUT2D eigenvalue weighted by Gasteiger charge is 2.33. The summed E-state index contributed by atoms with van der Waals surface area (Å²) in [4.78, 5) is 16.5. The van der Waals surface area contributed by atoms with E-state index in [2.05, 4.69) is 0 Å². The fourth-order valence-electron chi connectivity index (χ4n) is 2.60. The Hall–Kier alpha value is -1.40. The number of alkyl halides is 3. The Kier molecular flexibility index (Phi) is 4.68. The van der Waals surface area contributed by atoms with E-state index in [0.29, 0.717) is 6.54 Å². The molecule has 1 heterocycles. The van der Waals surface area contributed by atoms with Crippen LogP contribution in [-0.4, -0.2) is 55.4 Å². The van der Waals surface area contributed by atoms with Crippen molar-refractivity contribution in [2.45, 2.75) is 18.6 Å². The van der Waals surface area contributed by atoms with Crippen LogP contribution in [0.4, 0.5) is 13.2 Å². The van der Waals surface area contributed by atoms with E-state index < -0.39 is 17.8 Å². The molecule has 0 saturated carbocycles. The Morgan fingerprint density at radius 2 is 1.95 bits per heavy atom. The van der Waals surface area contributed by atoms with Gasteiger partial charge in [0.05, 0.1) is 11.6 Å². The van der Waals surface area contributed by atoms with Crippen molar-refractivity contribution in [2.24, 2.45) is 0 Å². The molecule has 0 radical (unpaired) electrons. The number of carbonyl (C=O) groups is 1. The Morgan fingerprint density at radius 3 is 2.62 bits per heavy atom. The zero-order valence-corrected chi connectivity index (χ0v) is 12.2. The minimum atomic E-state index is -4.43. The molecule has 1 aliphatic rings. The molecule has 6 heteroatoms. The van der Waals surface area contributed by atoms with Crippen LogP contribution in [0.1, 0.15) is 22.3 Å². The van der Waals surface area contributed by atoms with E-state index in [-0.39, 0.29) is 11.3 Å². The second kappa shape index (κ2) is 6.15. The van der Waals surface area contributed by atoms with E-state index in [4.69, 9.17) is 0 Å². The average Bonchev–Trinajstić information content (AvgIpc) is 2.59. The maximum Gasteiger partial charge on any atom is 0.416 e. The topological polar surface area (TPSA) is 23.6 Å². The Balaban J connectivity index is 2.26. The number of likely N-dealkylation sites (N-methyl/N-ethyl adjacent to an activating group) is 2. The number of rotatable bonds is 2. The van der Waals surface area contributed by atoms with Crippen LogP contribution in [0.25, 0.3) is 0 Å². The molecule has 2 rings (SSSR count). The normalized spacial score (nSPS) is 22.0.